The van der Waals surface area contributed by atoms with E-state index in [0.717, 1.165) is 42.4 Å². The zero-order valence-corrected chi connectivity index (χ0v) is 16.8. The van der Waals surface area contributed by atoms with Gasteiger partial charge in [0.05, 0.1) is 11.9 Å². The van der Waals surface area contributed by atoms with E-state index in [1.54, 1.807) is 0 Å². The maximum Gasteiger partial charge on any atom is 0.161 e. The zero-order valence-electron chi connectivity index (χ0n) is 16.8. The summed E-state index contributed by atoms with van der Waals surface area (Å²) in [7, 11) is 0. The van der Waals surface area contributed by atoms with Crippen molar-refractivity contribution in [2.45, 2.75) is 26.7 Å². The normalized spacial score (nSPS) is 14.2. The molecule has 0 bridgehead atoms. The van der Waals surface area contributed by atoms with Gasteiger partial charge >= 0.3 is 0 Å². The molecule has 0 amide bonds. The van der Waals surface area contributed by atoms with Gasteiger partial charge in [0.15, 0.2) is 5.82 Å². The van der Waals surface area contributed by atoms with E-state index in [9.17, 15) is 0 Å². The van der Waals surface area contributed by atoms with Crippen LogP contribution in [0.15, 0.2) is 55.0 Å². The van der Waals surface area contributed by atoms with Gasteiger partial charge in [0.2, 0.25) is 0 Å². The van der Waals surface area contributed by atoms with Crippen LogP contribution < -0.4 is 10.2 Å². The number of pyridine rings is 1. The highest BCUT2D eigenvalue weighted by Crippen LogP contribution is 2.28. The molecule has 5 heteroatoms. The minimum Gasteiger partial charge on any atom is -0.369 e. The third-order valence-electron chi connectivity index (χ3n) is 5.32. The van der Waals surface area contributed by atoms with Gasteiger partial charge in [-0.25, -0.2) is 9.97 Å². The molecule has 3 aromatic rings. The maximum atomic E-state index is 4.85. The van der Waals surface area contributed by atoms with Crippen molar-refractivity contribution in [1.29, 1.82) is 0 Å². The fourth-order valence-corrected chi connectivity index (χ4v) is 3.65. The molecule has 5 nitrogen and oxygen atoms in total. The summed E-state index contributed by atoms with van der Waals surface area (Å²) in [5, 5.41) is 3.55. The van der Waals surface area contributed by atoms with E-state index in [1.807, 2.05) is 24.7 Å². The van der Waals surface area contributed by atoms with Gasteiger partial charge in [0.1, 0.15) is 5.82 Å². The molecular formula is C23H27N5. The molecule has 3 heterocycles. The first kappa shape index (κ1) is 18.4. The summed E-state index contributed by atoms with van der Waals surface area (Å²) in [6, 6.07) is 12.5. The molecule has 1 saturated heterocycles. The van der Waals surface area contributed by atoms with E-state index in [4.69, 9.17) is 4.98 Å². The van der Waals surface area contributed by atoms with Crippen molar-refractivity contribution in [2.24, 2.45) is 5.92 Å². The quantitative estimate of drug-likeness (QED) is 0.688. The maximum absolute atomic E-state index is 4.85. The standard InChI is InChI=1S/C23H27N5/c1-16(2)20-8-4-5-9-21(20)23-25-11-17(3)22(27-23)26-12-18-14-28(15-18)19-7-6-10-24-13-19/h4-11,13,16,18H,12,14-15H2,1-3H3,(H,25,26,27). The average Bonchev–Trinajstić information content (AvgIpc) is 2.69. The van der Waals surface area contributed by atoms with Gasteiger partial charge < -0.3 is 10.2 Å². The van der Waals surface area contributed by atoms with E-state index >= 15 is 0 Å². The van der Waals surface area contributed by atoms with Crippen molar-refractivity contribution in [1.82, 2.24) is 15.0 Å². The van der Waals surface area contributed by atoms with E-state index in [2.05, 4.69) is 71.3 Å². The predicted octanol–water partition coefficient (Wildman–Crippen LogP) is 4.52. The molecule has 0 saturated carbocycles. The molecule has 2 aromatic heterocycles. The highest BCUT2D eigenvalue weighted by Gasteiger charge is 2.27. The molecule has 1 aliphatic heterocycles. The van der Waals surface area contributed by atoms with Gasteiger partial charge in [-0.1, -0.05) is 38.1 Å². The van der Waals surface area contributed by atoms with Crippen LogP contribution in [-0.2, 0) is 0 Å². The van der Waals surface area contributed by atoms with Crippen LogP contribution >= 0.6 is 0 Å². The Morgan fingerprint density at radius 2 is 1.93 bits per heavy atom. The Morgan fingerprint density at radius 3 is 2.68 bits per heavy atom. The summed E-state index contributed by atoms with van der Waals surface area (Å²) >= 11 is 0. The molecule has 0 radical (unpaired) electrons. The minimum atomic E-state index is 0.436. The Labute approximate surface area is 166 Å². The van der Waals surface area contributed by atoms with Crippen molar-refractivity contribution < 1.29 is 0 Å². The lowest BCUT2D eigenvalue weighted by Crippen LogP contribution is -2.49. The van der Waals surface area contributed by atoms with Gasteiger partial charge in [-0.3, -0.25) is 4.98 Å². The van der Waals surface area contributed by atoms with Crippen molar-refractivity contribution in [3.8, 4) is 11.4 Å². The van der Waals surface area contributed by atoms with Crippen LogP contribution in [0.25, 0.3) is 11.4 Å². The summed E-state index contributed by atoms with van der Waals surface area (Å²) in [4.78, 5) is 16.0. The van der Waals surface area contributed by atoms with Gasteiger partial charge in [0, 0.05) is 49.1 Å². The second-order valence-electron chi connectivity index (χ2n) is 7.83. The average molecular weight is 374 g/mol. The molecule has 1 N–H and O–H groups in total. The number of rotatable bonds is 6. The van der Waals surface area contributed by atoms with E-state index in [1.165, 1.54) is 11.3 Å². The zero-order chi connectivity index (χ0) is 19.5. The number of hydrogen-bond donors (Lipinski definition) is 1. The van der Waals surface area contributed by atoms with Crippen LogP contribution in [0.4, 0.5) is 11.5 Å². The van der Waals surface area contributed by atoms with E-state index < -0.39 is 0 Å². The molecule has 0 atom stereocenters. The Kier molecular flexibility index (Phi) is 5.24. The highest BCUT2D eigenvalue weighted by atomic mass is 15.2. The number of anilines is 2. The molecule has 28 heavy (non-hydrogen) atoms. The highest BCUT2D eigenvalue weighted by molar-refractivity contribution is 5.63. The van der Waals surface area contributed by atoms with Crippen LogP contribution in [0.2, 0.25) is 0 Å². The molecule has 0 unspecified atom stereocenters. The van der Waals surface area contributed by atoms with Crippen LogP contribution in [0, 0.1) is 12.8 Å². The summed E-state index contributed by atoms with van der Waals surface area (Å²) in [6.07, 6.45) is 5.66. The number of aryl methyl sites for hydroxylation is 1. The summed E-state index contributed by atoms with van der Waals surface area (Å²) in [5.74, 6) is 2.78. The molecule has 1 aliphatic rings. The molecule has 0 spiro atoms. The molecule has 1 fully saturated rings. The first-order valence-electron chi connectivity index (χ1n) is 9.93. The fraction of sp³-hybridized carbons (Fsp3) is 0.348. The third-order valence-corrected chi connectivity index (χ3v) is 5.32. The second-order valence-corrected chi connectivity index (χ2v) is 7.83. The van der Waals surface area contributed by atoms with Gasteiger partial charge in [0.25, 0.3) is 0 Å². The summed E-state index contributed by atoms with van der Waals surface area (Å²) < 4.78 is 0. The topological polar surface area (TPSA) is 53.9 Å². The van der Waals surface area contributed by atoms with Gasteiger partial charge in [-0.2, -0.15) is 0 Å². The van der Waals surface area contributed by atoms with Crippen molar-refractivity contribution in [3.63, 3.8) is 0 Å². The molecule has 144 valence electrons. The molecular weight excluding hydrogens is 346 g/mol. The number of hydrogen-bond acceptors (Lipinski definition) is 5. The number of nitrogens with one attached hydrogen (secondary N) is 1. The third kappa shape index (κ3) is 3.84. The summed E-state index contributed by atoms with van der Waals surface area (Å²) in [6.45, 7) is 9.48. The lowest BCUT2D eigenvalue weighted by Gasteiger charge is -2.41. The molecule has 1 aromatic carbocycles. The van der Waals surface area contributed by atoms with E-state index in [-0.39, 0.29) is 0 Å². The second kappa shape index (κ2) is 7.97. The lowest BCUT2D eigenvalue weighted by atomic mass is 9.97. The SMILES string of the molecule is Cc1cnc(-c2ccccc2C(C)C)nc1NCC1CN(c2cccnc2)C1. The van der Waals surface area contributed by atoms with Gasteiger partial charge in [-0.15, -0.1) is 0 Å². The smallest absolute Gasteiger partial charge is 0.161 e. The predicted molar refractivity (Wildman–Crippen MR) is 115 cm³/mol. The van der Waals surface area contributed by atoms with Crippen molar-refractivity contribution in [3.05, 3.63) is 66.1 Å². The first-order chi connectivity index (χ1) is 13.6. The Balaban J connectivity index is 1.43. The van der Waals surface area contributed by atoms with Crippen molar-refractivity contribution in [2.75, 3.05) is 29.9 Å². The van der Waals surface area contributed by atoms with Crippen LogP contribution in [-0.4, -0.2) is 34.6 Å². The van der Waals surface area contributed by atoms with E-state index in [0.29, 0.717) is 11.8 Å². The van der Waals surface area contributed by atoms with Crippen LogP contribution in [0.5, 0.6) is 0 Å². The first-order valence-corrected chi connectivity index (χ1v) is 9.93. The summed E-state index contributed by atoms with van der Waals surface area (Å²) in [5.41, 5.74) is 4.68. The largest absolute Gasteiger partial charge is 0.369 e. The number of nitrogens with zero attached hydrogens (tertiary/aromatic N) is 4. The Morgan fingerprint density at radius 1 is 1.11 bits per heavy atom. The fourth-order valence-electron chi connectivity index (χ4n) is 3.65. The van der Waals surface area contributed by atoms with Crippen LogP contribution in [0.3, 0.4) is 0 Å². The molecule has 0 aliphatic carbocycles. The monoisotopic (exact) mass is 373 g/mol. The Hall–Kier alpha value is -2.95. The lowest BCUT2D eigenvalue weighted by molar-refractivity contribution is 0.429. The number of aromatic nitrogens is 3. The van der Waals surface area contributed by atoms with Crippen molar-refractivity contribution >= 4 is 11.5 Å². The minimum absolute atomic E-state index is 0.436. The van der Waals surface area contributed by atoms with Crippen LogP contribution in [0.1, 0.15) is 30.9 Å². The molecule has 4 rings (SSSR count). The van der Waals surface area contributed by atoms with Gasteiger partial charge in [-0.05, 0) is 30.5 Å². The Bertz CT molecular complexity index is 933. The number of benzene rings is 1.